The molecule has 1 saturated heterocycles. The fourth-order valence-electron chi connectivity index (χ4n) is 4.33. The molecule has 1 amide bonds. The monoisotopic (exact) mass is 315 g/mol. The molecule has 1 aliphatic carbocycles. The van der Waals surface area contributed by atoms with Crippen LogP contribution >= 0.6 is 0 Å². The van der Waals surface area contributed by atoms with Crippen LogP contribution in [-0.2, 0) is 11.2 Å². The number of benzene rings is 1. The van der Waals surface area contributed by atoms with Crippen molar-refractivity contribution in [2.45, 2.75) is 57.0 Å². The second kappa shape index (κ2) is 7.35. The number of nitrogens with two attached hydrogens (primary N) is 1. The van der Waals surface area contributed by atoms with Gasteiger partial charge in [-0.3, -0.25) is 4.79 Å². The number of nitrogen functional groups attached to an aromatic ring is 1. The topological polar surface area (TPSA) is 58.4 Å². The van der Waals surface area contributed by atoms with Crippen LogP contribution in [0.2, 0.25) is 0 Å². The third kappa shape index (κ3) is 3.69. The molecule has 126 valence electrons. The Balaban J connectivity index is 1.68. The molecule has 23 heavy (non-hydrogen) atoms. The highest BCUT2D eigenvalue weighted by Crippen LogP contribution is 2.33. The van der Waals surface area contributed by atoms with Crippen molar-refractivity contribution in [2.24, 2.45) is 5.92 Å². The van der Waals surface area contributed by atoms with E-state index in [4.69, 9.17) is 5.73 Å². The minimum absolute atomic E-state index is 0.192. The highest BCUT2D eigenvalue weighted by molar-refractivity contribution is 5.80. The van der Waals surface area contributed by atoms with Gasteiger partial charge in [-0.1, -0.05) is 31.0 Å². The van der Waals surface area contributed by atoms with E-state index in [1.807, 2.05) is 36.2 Å². The molecule has 1 heterocycles. The van der Waals surface area contributed by atoms with Gasteiger partial charge in [0.2, 0.25) is 5.91 Å². The van der Waals surface area contributed by atoms with E-state index < -0.39 is 0 Å². The Bertz CT molecular complexity index is 539. The molecule has 3 rings (SSSR count). The number of nitrogens with one attached hydrogen (secondary N) is 1. The number of nitrogens with zero attached hydrogens (tertiary/aromatic N) is 1. The van der Waals surface area contributed by atoms with Gasteiger partial charge >= 0.3 is 0 Å². The van der Waals surface area contributed by atoms with Crippen LogP contribution in [0.25, 0.3) is 0 Å². The molecule has 2 aliphatic rings. The fraction of sp³-hybridized carbons (Fsp3) is 0.632. The van der Waals surface area contributed by atoms with E-state index in [0.29, 0.717) is 30.1 Å². The van der Waals surface area contributed by atoms with E-state index >= 15 is 0 Å². The zero-order valence-corrected chi connectivity index (χ0v) is 14.1. The van der Waals surface area contributed by atoms with Crippen molar-refractivity contribution in [1.82, 2.24) is 10.2 Å². The number of carbonyl (C=O) groups is 1. The standard InChI is InChI=1S/C19H29N3O/c1-22(19(23)13-14-7-2-4-9-16(14)20)18-11-5-3-8-15(18)17-10-6-12-21-17/h2,4,7,9,15,17-18,21H,3,5-6,8,10-13,20H2,1H3. The molecule has 3 atom stereocenters. The average molecular weight is 315 g/mol. The summed E-state index contributed by atoms with van der Waals surface area (Å²) in [5, 5.41) is 3.65. The van der Waals surface area contributed by atoms with E-state index in [2.05, 4.69) is 5.32 Å². The molecule has 1 aliphatic heterocycles. The van der Waals surface area contributed by atoms with Gasteiger partial charge in [-0.05, 0) is 49.8 Å². The zero-order valence-electron chi connectivity index (χ0n) is 14.1. The van der Waals surface area contributed by atoms with Crippen LogP contribution in [-0.4, -0.2) is 36.5 Å². The van der Waals surface area contributed by atoms with Crippen LogP contribution in [0.5, 0.6) is 0 Å². The SMILES string of the molecule is CN(C(=O)Cc1ccccc1N)C1CCCCC1C1CCCN1. The van der Waals surface area contributed by atoms with Crippen LogP contribution in [0.3, 0.4) is 0 Å². The Morgan fingerprint density at radius 3 is 2.74 bits per heavy atom. The number of amides is 1. The Labute approximate surface area is 139 Å². The third-order valence-corrected chi connectivity index (χ3v) is 5.68. The van der Waals surface area contributed by atoms with Crippen LogP contribution in [0.15, 0.2) is 24.3 Å². The van der Waals surface area contributed by atoms with E-state index in [9.17, 15) is 4.79 Å². The van der Waals surface area contributed by atoms with Crippen LogP contribution < -0.4 is 11.1 Å². The summed E-state index contributed by atoms with van der Waals surface area (Å²) in [5.74, 6) is 0.797. The highest BCUT2D eigenvalue weighted by atomic mass is 16.2. The summed E-state index contributed by atoms with van der Waals surface area (Å²) in [6.07, 6.45) is 7.85. The molecular weight excluding hydrogens is 286 g/mol. The molecule has 4 heteroatoms. The maximum Gasteiger partial charge on any atom is 0.227 e. The molecule has 0 radical (unpaired) electrons. The van der Waals surface area contributed by atoms with E-state index in [1.165, 1.54) is 32.1 Å². The van der Waals surface area contributed by atoms with Gasteiger partial charge in [-0.15, -0.1) is 0 Å². The molecule has 0 spiro atoms. The molecule has 1 saturated carbocycles. The number of rotatable bonds is 4. The van der Waals surface area contributed by atoms with Gasteiger partial charge in [0, 0.05) is 24.8 Å². The van der Waals surface area contributed by atoms with Gasteiger partial charge < -0.3 is 16.0 Å². The first-order chi connectivity index (χ1) is 11.2. The van der Waals surface area contributed by atoms with Gasteiger partial charge in [-0.2, -0.15) is 0 Å². The van der Waals surface area contributed by atoms with Crippen molar-refractivity contribution in [3.05, 3.63) is 29.8 Å². The Hall–Kier alpha value is -1.55. The van der Waals surface area contributed by atoms with Gasteiger partial charge in [0.25, 0.3) is 0 Å². The molecule has 0 aromatic heterocycles. The summed E-state index contributed by atoms with van der Waals surface area (Å²) in [5.41, 5.74) is 7.65. The van der Waals surface area contributed by atoms with Crippen molar-refractivity contribution in [3.8, 4) is 0 Å². The molecule has 3 N–H and O–H groups in total. The first kappa shape index (κ1) is 16.3. The molecular formula is C19H29N3O. The summed E-state index contributed by atoms with van der Waals surface area (Å²) in [6.45, 7) is 1.13. The maximum atomic E-state index is 12.8. The summed E-state index contributed by atoms with van der Waals surface area (Å²) >= 11 is 0. The summed E-state index contributed by atoms with van der Waals surface area (Å²) in [7, 11) is 1.99. The van der Waals surface area contributed by atoms with Crippen LogP contribution in [0, 0.1) is 5.92 Å². The van der Waals surface area contributed by atoms with Gasteiger partial charge in [0.1, 0.15) is 0 Å². The number of para-hydroxylation sites is 1. The molecule has 4 nitrogen and oxygen atoms in total. The second-order valence-electron chi connectivity index (χ2n) is 7.10. The number of carbonyl (C=O) groups excluding carboxylic acids is 1. The lowest BCUT2D eigenvalue weighted by molar-refractivity contribution is -0.133. The minimum atomic E-state index is 0.192. The van der Waals surface area contributed by atoms with E-state index in [0.717, 1.165) is 18.5 Å². The molecule has 2 fully saturated rings. The first-order valence-corrected chi connectivity index (χ1v) is 8.99. The Morgan fingerprint density at radius 1 is 1.22 bits per heavy atom. The second-order valence-corrected chi connectivity index (χ2v) is 7.10. The highest BCUT2D eigenvalue weighted by Gasteiger charge is 2.36. The summed E-state index contributed by atoms with van der Waals surface area (Å²) < 4.78 is 0. The van der Waals surface area contributed by atoms with Gasteiger partial charge in [0.05, 0.1) is 6.42 Å². The lowest BCUT2D eigenvalue weighted by Gasteiger charge is -2.41. The molecule has 1 aromatic rings. The normalized spacial score (nSPS) is 27.8. The Morgan fingerprint density at radius 2 is 2.00 bits per heavy atom. The first-order valence-electron chi connectivity index (χ1n) is 8.99. The van der Waals surface area contributed by atoms with Crippen molar-refractivity contribution >= 4 is 11.6 Å². The van der Waals surface area contributed by atoms with Crippen LogP contribution in [0.1, 0.15) is 44.1 Å². The number of anilines is 1. The lowest BCUT2D eigenvalue weighted by atomic mass is 9.78. The predicted octanol–water partition coefficient (Wildman–Crippen LogP) is 2.58. The third-order valence-electron chi connectivity index (χ3n) is 5.68. The van der Waals surface area contributed by atoms with E-state index in [-0.39, 0.29) is 5.91 Å². The number of hydrogen-bond acceptors (Lipinski definition) is 3. The maximum absolute atomic E-state index is 12.8. The summed E-state index contributed by atoms with van der Waals surface area (Å²) in [4.78, 5) is 14.8. The molecule has 3 unspecified atom stereocenters. The largest absolute Gasteiger partial charge is 0.398 e. The number of hydrogen-bond donors (Lipinski definition) is 2. The smallest absolute Gasteiger partial charge is 0.227 e. The fourth-order valence-corrected chi connectivity index (χ4v) is 4.33. The lowest BCUT2D eigenvalue weighted by Crippen LogP contribution is -2.50. The zero-order chi connectivity index (χ0) is 16.2. The van der Waals surface area contributed by atoms with E-state index in [1.54, 1.807) is 0 Å². The van der Waals surface area contributed by atoms with Crippen LogP contribution in [0.4, 0.5) is 5.69 Å². The van der Waals surface area contributed by atoms with Crippen molar-refractivity contribution in [2.75, 3.05) is 19.3 Å². The number of likely N-dealkylation sites (N-methyl/N-ethyl adjacent to an activating group) is 1. The van der Waals surface area contributed by atoms with Crippen molar-refractivity contribution < 1.29 is 4.79 Å². The quantitative estimate of drug-likeness (QED) is 0.840. The molecule has 1 aromatic carbocycles. The van der Waals surface area contributed by atoms with Gasteiger partial charge in [-0.25, -0.2) is 0 Å². The predicted molar refractivity (Wildman–Crippen MR) is 94.1 cm³/mol. The average Bonchev–Trinajstić information content (AvgIpc) is 3.10. The van der Waals surface area contributed by atoms with Crippen molar-refractivity contribution in [1.29, 1.82) is 0 Å². The summed E-state index contributed by atoms with van der Waals surface area (Å²) in [6, 6.07) is 8.65. The van der Waals surface area contributed by atoms with Gasteiger partial charge in [0.15, 0.2) is 0 Å². The Kier molecular flexibility index (Phi) is 5.21. The minimum Gasteiger partial charge on any atom is -0.398 e. The molecule has 0 bridgehead atoms. The van der Waals surface area contributed by atoms with Crippen molar-refractivity contribution in [3.63, 3.8) is 0 Å².